The number of aromatic nitrogens is 4. The van der Waals surface area contributed by atoms with E-state index in [0.717, 1.165) is 0 Å². The minimum absolute atomic E-state index is 0.277. The van der Waals surface area contributed by atoms with E-state index in [2.05, 4.69) is 31.9 Å². The zero-order valence-electron chi connectivity index (χ0n) is 12.5. The number of aromatic amines is 1. The molecule has 0 spiro atoms. The number of fused-ring (bicyclic) bond motifs is 1. The predicted octanol–water partition coefficient (Wildman–Crippen LogP) is -1.80. The van der Waals surface area contributed by atoms with Crippen LogP contribution in [0, 0.1) is 17.8 Å². The molecule has 0 saturated heterocycles. The van der Waals surface area contributed by atoms with Crippen molar-refractivity contribution < 1.29 is 15.3 Å². The summed E-state index contributed by atoms with van der Waals surface area (Å²) in [5.74, 6) is 9.98. The summed E-state index contributed by atoms with van der Waals surface area (Å²) in [6.07, 6.45) is 0.190. The number of aliphatic hydroxyl groups excluding tert-OH is 3. The zero-order chi connectivity index (χ0) is 16.6. The quantitative estimate of drug-likeness (QED) is 0.251. The molecule has 6 N–H and O–H groups in total. The van der Waals surface area contributed by atoms with Crippen molar-refractivity contribution in [2.75, 3.05) is 0 Å². The maximum absolute atomic E-state index is 10.4. The highest BCUT2D eigenvalue weighted by atomic mass is 16.3. The smallest absolute Gasteiger partial charge is 0.202 e. The Hall–Kier alpha value is -2.41. The van der Waals surface area contributed by atoms with Gasteiger partial charge in [-0.05, 0) is 13.3 Å². The zero-order valence-corrected chi connectivity index (χ0v) is 12.5. The van der Waals surface area contributed by atoms with Crippen molar-refractivity contribution in [2.45, 2.75) is 37.7 Å². The third-order valence-electron chi connectivity index (χ3n) is 4.27. The van der Waals surface area contributed by atoms with Crippen molar-refractivity contribution in [1.82, 2.24) is 19.5 Å². The average molecular weight is 318 g/mol. The molecule has 3 rings (SSSR count). The Balaban J connectivity index is 2.01. The van der Waals surface area contributed by atoms with Crippen LogP contribution in [0.3, 0.4) is 0 Å². The molecule has 0 bridgehead atoms. The van der Waals surface area contributed by atoms with E-state index in [1.54, 1.807) is 11.5 Å². The van der Waals surface area contributed by atoms with Crippen LogP contribution in [0.5, 0.6) is 0 Å². The molecule has 9 nitrogen and oxygen atoms in total. The lowest BCUT2D eigenvalue weighted by Gasteiger charge is -2.18. The molecular formula is C14H18N6O3. The lowest BCUT2D eigenvalue weighted by Crippen LogP contribution is -2.33. The molecule has 0 aromatic carbocycles. The monoisotopic (exact) mass is 318 g/mol. The molecule has 0 aliphatic heterocycles. The van der Waals surface area contributed by atoms with Gasteiger partial charge in [-0.1, -0.05) is 5.92 Å². The Morgan fingerprint density at radius 1 is 1.43 bits per heavy atom. The molecule has 122 valence electrons. The number of rotatable bonds is 2. The predicted molar refractivity (Wildman–Crippen MR) is 80.2 cm³/mol. The van der Waals surface area contributed by atoms with Gasteiger partial charge in [-0.15, -0.1) is 5.92 Å². The first-order chi connectivity index (χ1) is 11.1. The van der Waals surface area contributed by atoms with Gasteiger partial charge in [0.25, 0.3) is 0 Å². The van der Waals surface area contributed by atoms with Gasteiger partial charge in [0.1, 0.15) is 17.9 Å². The first-order valence-corrected chi connectivity index (χ1v) is 7.19. The van der Waals surface area contributed by atoms with Gasteiger partial charge < -0.3 is 30.7 Å². The van der Waals surface area contributed by atoms with Crippen molar-refractivity contribution >= 4 is 11.2 Å². The minimum Gasteiger partial charge on any atom is -0.390 e. The number of nitrogens with two attached hydrogens (primary N) is 1. The maximum atomic E-state index is 10.4. The van der Waals surface area contributed by atoms with Gasteiger partial charge in [-0.3, -0.25) is 0 Å². The highest BCUT2D eigenvalue weighted by molar-refractivity contribution is 5.68. The molecule has 1 saturated carbocycles. The van der Waals surface area contributed by atoms with Crippen molar-refractivity contribution in [3.63, 3.8) is 0 Å². The Labute approximate surface area is 131 Å². The Morgan fingerprint density at radius 2 is 2.22 bits per heavy atom. The van der Waals surface area contributed by atoms with E-state index in [-0.39, 0.29) is 5.49 Å². The van der Waals surface area contributed by atoms with Crippen LogP contribution in [0.4, 0.5) is 0 Å². The summed E-state index contributed by atoms with van der Waals surface area (Å²) >= 11 is 0. The number of hydrogen-bond donors (Lipinski definition) is 5. The van der Waals surface area contributed by atoms with E-state index in [4.69, 9.17) is 5.84 Å². The first kappa shape index (κ1) is 15.5. The molecule has 0 amide bonds. The molecule has 1 fully saturated rings. The summed E-state index contributed by atoms with van der Waals surface area (Å²) in [6, 6.07) is -0.461. The van der Waals surface area contributed by atoms with Gasteiger partial charge in [-0.2, -0.15) is 5.10 Å². The Kier molecular flexibility index (Phi) is 4.04. The highest BCUT2D eigenvalue weighted by Gasteiger charge is 2.45. The van der Waals surface area contributed by atoms with E-state index >= 15 is 0 Å². The average Bonchev–Trinajstić information content (AvgIpc) is 3.10. The number of imidazole rings is 1. The van der Waals surface area contributed by atoms with Crippen LogP contribution < -0.4 is 11.3 Å². The summed E-state index contributed by atoms with van der Waals surface area (Å²) in [5.41, 5.74) is 1.32. The molecule has 2 aromatic rings. The summed E-state index contributed by atoms with van der Waals surface area (Å²) in [7, 11) is 0. The summed E-state index contributed by atoms with van der Waals surface area (Å²) in [6.45, 7) is 1.61. The van der Waals surface area contributed by atoms with Gasteiger partial charge in [0.2, 0.25) is 5.49 Å². The van der Waals surface area contributed by atoms with Crippen LogP contribution in [-0.2, 0) is 0 Å². The minimum atomic E-state index is -1.08. The molecule has 1 aliphatic carbocycles. The Bertz CT molecular complexity index is 832. The van der Waals surface area contributed by atoms with Crippen molar-refractivity contribution in [1.29, 1.82) is 0 Å². The molecule has 1 unspecified atom stereocenters. The molecule has 5 atom stereocenters. The number of nitrogens with one attached hydrogen (secondary N) is 1. The van der Waals surface area contributed by atoms with Crippen molar-refractivity contribution in [2.24, 2.45) is 16.9 Å². The number of nitrogens with zero attached hydrogens (tertiary/aromatic N) is 4. The van der Waals surface area contributed by atoms with E-state index in [9.17, 15) is 15.3 Å². The Morgan fingerprint density at radius 3 is 2.91 bits per heavy atom. The second kappa shape index (κ2) is 6.00. The highest BCUT2D eigenvalue weighted by Crippen LogP contribution is 2.38. The maximum Gasteiger partial charge on any atom is 0.202 e. The molecule has 0 radical (unpaired) electrons. The van der Waals surface area contributed by atoms with Gasteiger partial charge in [0.05, 0.1) is 24.8 Å². The SMILES string of the molecule is CC#CC(O)[C@H]1C[C@@H](n2cnc3/c(=N\N)nc[nH]c32)[C@H](O)[C@@H]1O. The number of hydrogen-bond acceptors (Lipinski definition) is 7. The molecule has 2 aromatic heterocycles. The second-order valence-electron chi connectivity index (χ2n) is 5.49. The topological polar surface area (TPSA) is 146 Å². The lowest BCUT2D eigenvalue weighted by molar-refractivity contribution is -0.0138. The summed E-state index contributed by atoms with van der Waals surface area (Å²) in [4.78, 5) is 11.1. The molecule has 2 heterocycles. The van der Waals surface area contributed by atoms with E-state index < -0.39 is 30.3 Å². The van der Waals surface area contributed by atoms with Gasteiger partial charge >= 0.3 is 0 Å². The molecule has 23 heavy (non-hydrogen) atoms. The second-order valence-corrected chi connectivity index (χ2v) is 5.49. The van der Waals surface area contributed by atoms with E-state index in [1.165, 1.54) is 12.7 Å². The number of aliphatic hydroxyl groups is 3. The fourth-order valence-corrected chi connectivity index (χ4v) is 3.12. The van der Waals surface area contributed by atoms with Crippen molar-refractivity contribution in [3.8, 4) is 11.8 Å². The van der Waals surface area contributed by atoms with Crippen LogP contribution in [-0.4, -0.2) is 53.2 Å². The normalized spacial score (nSPS) is 29.5. The molecular weight excluding hydrogens is 300 g/mol. The van der Waals surface area contributed by atoms with E-state index in [1.807, 2.05) is 0 Å². The van der Waals surface area contributed by atoms with E-state index in [0.29, 0.717) is 17.6 Å². The fraction of sp³-hybridized carbons (Fsp3) is 0.500. The summed E-state index contributed by atoms with van der Waals surface area (Å²) in [5, 5.41) is 34.2. The van der Waals surface area contributed by atoms with Gasteiger partial charge in [0, 0.05) is 5.92 Å². The standard InChI is InChI=1S/C14H18N6O3/c1-2-3-9(21)7-4-8(12(23)11(7)22)20-6-18-10-13(19-15)16-5-17-14(10)20/h5-9,11-12,21-23H,4,15H2,1H3,(H,16,17,19)/t7-,8-,9?,11-,12+/m1/s1. The molecule has 9 heteroatoms. The van der Waals surface area contributed by atoms with Gasteiger partial charge in [0.15, 0.2) is 5.52 Å². The van der Waals surface area contributed by atoms with Crippen LogP contribution >= 0.6 is 0 Å². The van der Waals surface area contributed by atoms with Crippen LogP contribution in [0.25, 0.3) is 11.2 Å². The lowest BCUT2D eigenvalue weighted by atomic mass is 9.98. The largest absolute Gasteiger partial charge is 0.390 e. The van der Waals surface area contributed by atoms with Crippen molar-refractivity contribution in [3.05, 3.63) is 18.1 Å². The van der Waals surface area contributed by atoms with Crippen LogP contribution in [0.1, 0.15) is 19.4 Å². The van der Waals surface area contributed by atoms with Gasteiger partial charge in [-0.25, -0.2) is 9.97 Å². The molecule has 1 aliphatic rings. The van der Waals surface area contributed by atoms with Crippen LogP contribution in [0.15, 0.2) is 17.8 Å². The van der Waals surface area contributed by atoms with Crippen LogP contribution in [0.2, 0.25) is 0 Å². The third kappa shape index (κ3) is 2.46. The first-order valence-electron chi connectivity index (χ1n) is 7.19. The summed E-state index contributed by atoms with van der Waals surface area (Å²) < 4.78 is 1.70. The number of H-pyrrole nitrogens is 1. The fourth-order valence-electron chi connectivity index (χ4n) is 3.12. The third-order valence-corrected chi connectivity index (χ3v) is 4.27.